The Bertz CT molecular complexity index is 1760. The quantitative estimate of drug-likeness (QED) is 0.197. The maximum Gasteiger partial charge on any atom is 0.264 e. The monoisotopic (exact) mass is 608 g/mol. The van der Waals surface area contributed by atoms with Gasteiger partial charge in [-0.3, -0.25) is 14.4 Å². The van der Waals surface area contributed by atoms with E-state index in [0.29, 0.717) is 20.6 Å². The summed E-state index contributed by atoms with van der Waals surface area (Å²) in [5.41, 5.74) is 2.82. The molecule has 7 nitrogen and oxygen atoms in total. The zero-order chi connectivity index (χ0) is 28.3. The fraction of sp³-hybridized carbons (Fsp3) is 0.0690. The Labute approximate surface area is 246 Å². The van der Waals surface area contributed by atoms with Gasteiger partial charge in [-0.1, -0.05) is 88.6 Å². The van der Waals surface area contributed by atoms with Gasteiger partial charge >= 0.3 is 0 Å². The van der Waals surface area contributed by atoms with Gasteiger partial charge in [0.15, 0.2) is 0 Å². The second-order valence-corrected chi connectivity index (χ2v) is 12.6. The summed E-state index contributed by atoms with van der Waals surface area (Å²) in [6.45, 7) is 1.87. The number of aryl methyl sites for hydroxylation is 1. The van der Waals surface area contributed by atoms with Crippen LogP contribution in [0.1, 0.15) is 21.5 Å². The Morgan fingerprint density at radius 3 is 2.15 bits per heavy atom. The van der Waals surface area contributed by atoms with Gasteiger partial charge in [0.05, 0.1) is 22.7 Å². The van der Waals surface area contributed by atoms with Gasteiger partial charge in [0, 0.05) is 15.6 Å². The molecule has 5 aromatic rings. The zero-order valence-electron chi connectivity index (χ0n) is 21.1. The smallest absolute Gasteiger partial charge is 0.264 e. The lowest BCUT2D eigenvalue weighted by atomic mass is 10.1. The predicted octanol–water partition coefficient (Wildman–Crippen LogP) is 7.47. The SMILES string of the molecule is Cc1ccc(S(=O)(=O)N(Cc2ccc(Cl)cc2)c2ccccc2C(=O)Nc2nnc(-c3ccc(Cl)cc3)s2)cc1. The minimum atomic E-state index is -4.06. The highest BCUT2D eigenvalue weighted by Gasteiger charge is 2.29. The average molecular weight is 610 g/mol. The number of nitrogens with zero attached hydrogens (tertiary/aromatic N) is 3. The number of anilines is 2. The van der Waals surface area contributed by atoms with Crippen molar-refractivity contribution in [2.24, 2.45) is 0 Å². The third-order valence-corrected chi connectivity index (χ3v) is 9.17. The van der Waals surface area contributed by atoms with Gasteiger partial charge in [-0.05, 0) is 61.0 Å². The maximum atomic E-state index is 14.0. The van der Waals surface area contributed by atoms with Crippen LogP contribution in [0.25, 0.3) is 10.6 Å². The van der Waals surface area contributed by atoms with Gasteiger partial charge in [-0.2, -0.15) is 0 Å². The van der Waals surface area contributed by atoms with Crippen molar-refractivity contribution in [2.75, 3.05) is 9.62 Å². The molecular formula is C29H22Cl2N4O3S2. The molecule has 0 aliphatic rings. The highest BCUT2D eigenvalue weighted by molar-refractivity contribution is 7.92. The molecule has 4 aromatic carbocycles. The summed E-state index contributed by atoms with van der Waals surface area (Å²) in [6, 6.07) is 27.1. The van der Waals surface area contributed by atoms with Gasteiger partial charge < -0.3 is 0 Å². The van der Waals surface area contributed by atoms with E-state index in [9.17, 15) is 13.2 Å². The Morgan fingerprint density at radius 2 is 1.48 bits per heavy atom. The van der Waals surface area contributed by atoms with E-state index in [1.807, 2.05) is 19.1 Å². The molecule has 0 atom stereocenters. The number of halogens is 2. The lowest BCUT2D eigenvalue weighted by molar-refractivity contribution is 0.102. The summed E-state index contributed by atoms with van der Waals surface area (Å²) in [4.78, 5) is 13.6. The molecule has 0 aliphatic heterocycles. The molecule has 0 bridgehead atoms. The normalized spacial score (nSPS) is 11.3. The fourth-order valence-corrected chi connectivity index (χ4v) is 6.39. The first kappa shape index (κ1) is 27.8. The van der Waals surface area contributed by atoms with E-state index >= 15 is 0 Å². The van der Waals surface area contributed by atoms with Crippen LogP contribution in [-0.2, 0) is 16.6 Å². The highest BCUT2D eigenvalue weighted by Crippen LogP contribution is 2.32. The van der Waals surface area contributed by atoms with E-state index in [2.05, 4.69) is 15.5 Å². The van der Waals surface area contributed by atoms with E-state index in [1.54, 1.807) is 84.9 Å². The molecule has 0 unspecified atom stereocenters. The van der Waals surface area contributed by atoms with Crippen LogP contribution >= 0.6 is 34.5 Å². The van der Waals surface area contributed by atoms with Crippen LogP contribution < -0.4 is 9.62 Å². The molecule has 1 heterocycles. The van der Waals surface area contributed by atoms with E-state index in [4.69, 9.17) is 23.2 Å². The van der Waals surface area contributed by atoms with Crippen LogP contribution in [0.5, 0.6) is 0 Å². The molecule has 0 saturated heterocycles. The number of hydrogen-bond acceptors (Lipinski definition) is 6. The van der Waals surface area contributed by atoms with Crippen molar-refractivity contribution < 1.29 is 13.2 Å². The second-order valence-electron chi connectivity index (χ2n) is 8.84. The molecule has 0 aliphatic carbocycles. The number of hydrogen-bond donors (Lipinski definition) is 1. The van der Waals surface area contributed by atoms with Crippen LogP contribution in [0, 0.1) is 6.92 Å². The first-order valence-corrected chi connectivity index (χ1v) is 15.1. The standard InChI is InChI=1S/C29H22Cl2N4O3S2/c1-19-6-16-24(17-7-19)40(37,38)35(18-20-8-12-22(30)13-9-20)26-5-3-2-4-25(26)27(36)32-29-34-33-28(39-29)21-10-14-23(31)15-11-21/h2-17H,18H2,1H3,(H,32,34,36). The summed E-state index contributed by atoms with van der Waals surface area (Å²) in [7, 11) is -4.06. The summed E-state index contributed by atoms with van der Waals surface area (Å²) in [5.74, 6) is -0.519. The summed E-state index contributed by atoms with van der Waals surface area (Å²) >= 11 is 13.2. The third kappa shape index (κ3) is 6.18. The van der Waals surface area contributed by atoms with Crippen LogP contribution in [0.15, 0.2) is 102 Å². The Kier molecular flexibility index (Phi) is 8.18. The molecule has 0 fully saturated rings. The number of carbonyl (C=O) groups excluding carboxylic acids is 1. The average Bonchev–Trinajstić information content (AvgIpc) is 3.41. The van der Waals surface area contributed by atoms with Crippen LogP contribution in [0.2, 0.25) is 10.0 Å². The molecular weight excluding hydrogens is 587 g/mol. The van der Waals surface area contributed by atoms with Crippen LogP contribution in [0.3, 0.4) is 0 Å². The minimum absolute atomic E-state index is 0.0167. The number of sulfonamides is 1. The molecule has 0 radical (unpaired) electrons. The van der Waals surface area contributed by atoms with E-state index in [1.165, 1.54) is 15.6 Å². The van der Waals surface area contributed by atoms with Crippen molar-refractivity contribution in [2.45, 2.75) is 18.4 Å². The maximum absolute atomic E-state index is 14.0. The van der Waals surface area contributed by atoms with Gasteiger partial charge in [-0.25, -0.2) is 8.42 Å². The van der Waals surface area contributed by atoms with E-state index in [-0.39, 0.29) is 27.8 Å². The molecule has 1 N–H and O–H groups in total. The molecule has 5 rings (SSSR count). The van der Waals surface area contributed by atoms with Gasteiger partial charge in [0.25, 0.3) is 15.9 Å². The van der Waals surface area contributed by atoms with Gasteiger partial charge in [0.1, 0.15) is 5.01 Å². The lowest BCUT2D eigenvalue weighted by Gasteiger charge is -2.26. The lowest BCUT2D eigenvalue weighted by Crippen LogP contribution is -2.32. The number of para-hydroxylation sites is 1. The molecule has 0 spiro atoms. The molecule has 1 amide bonds. The Hall–Kier alpha value is -3.76. The number of nitrogens with one attached hydrogen (secondary N) is 1. The number of amides is 1. The molecule has 0 saturated carbocycles. The van der Waals surface area contributed by atoms with Crippen molar-refractivity contribution in [3.05, 3.63) is 124 Å². The first-order valence-electron chi connectivity index (χ1n) is 12.0. The number of aromatic nitrogens is 2. The highest BCUT2D eigenvalue weighted by atomic mass is 35.5. The predicted molar refractivity (Wildman–Crippen MR) is 161 cm³/mol. The van der Waals surface area contributed by atoms with Crippen LogP contribution in [-0.4, -0.2) is 24.5 Å². The summed E-state index contributed by atoms with van der Waals surface area (Å²) < 4.78 is 29.2. The topological polar surface area (TPSA) is 92.3 Å². The van der Waals surface area contributed by atoms with Crippen molar-refractivity contribution >= 4 is 61.3 Å². The number of carbonyl (C=O) groups is 1. The summed E-state index contributed by atoms with van der Waals surface area (Å²) in [6.07, 6.45) is 0. The van der Waals surface area contributed by atoms with E-state index in [0.717, 1.165) is 11.1 Å². The van der Waals surface area contributed by atoms with E-state index < -0.39 is 15.9 Å². The molecule has 1 aromatic heterocycles. The molecule has 40 heavy (non-hydrogen) atoms. The third-order valence-electron chi connectivity index (χ3n) is 6.00. The van der Waals surface area contributed by atoms with Gasteiger partial charge in [-0.15, -0.1) is 10.2 Å². The van der Waals surface area contributed by atoms with Gasteiger partial charge in [0.2, 0.25) is 5.13 Å². The largest absolute Gasteiger partial charge is 0.296 e. The summed E-state index contributed by atoms with van der Waals surface area (Å²) in [5, 5.41) is 13.0. The molecule has 11 heteroatoms. The minimum Gasteiger partial charge on any atom is -0.296 e. The zero-order valence-corrected chi connectivity index (χ0v) is 24.2. The second kappa shape index (κ2) is 11.8. The van der Waals surface area contributed by atoms with Crippen LogP contribution in [0.4, 0.5) is 10.8 Å². The van der Waals surface area contributed by atoms with Crippen molar-refractivity contribution in [1.82, 2.24) is 10.2 Å². The van der Waals surface area contributed by atoms with Crippen molar-refractivity contribution in [1.29, 1.82) is 0 Å². The fourth-order valence-electron chi connectivity index (χ4n) is 3.92. The molecule has 202 valence electrons. The Balaban J connectivity index is 1.50. The first-order chi connectivity index (χ1) is 19.2. The van der Waals surface area contributed by atoms with Crippen molar-refractivity contribution in [3.63, 3.8) is 0 Å². The van der Waals surface area contributed by atoms with Crippen molar-refractivity contribution in [3.8, 4) is 10.6 Å². The Morgan fingerprint density at radius 1 is 0.850 bits per heavy atom. The number of benzene rings is 4. The number of rotatable bonds is 8.